The quantitative estimate of drug-likeness (QED) is 0.733. The maximum absolute atomic E-state index is 13.8. The van der Waals surface area contributed by atoms with Gasteiger partial charge < -0.3 is 20.2 Å². The summed E-state index contributed by atoms with van der Waals surface area (Å²) in [6, 6.07) is 7.11. The first-order chi connectivity index (χ1) is 13.3. The number of carboxylic acids is 1. The van der Waals surface area contributed by atoms with Crippen molar-refractivity contribution in [3.63, 3.8) is 0 Å². The molecule has 2 aromatic rings. The predicted molar refractivity (Wildman–Crippen MR) is 105 cm³/mol. The molecular weight excluding hydrogens is 436 g/mol. The molecule has 1 saturated heterocycles. The summed E-state index contributed by atoms with van der Waals surface area (Å²) < 4.78 is 28.5. The number of benzene rings is 2. The van der Waals surface area contributed by atoms with Gasteiger partial charge in [0.2, 0.25) is 0 Å². The number of amides is 2. The summed E-state index contributed by atoms with van der Waals surface area (Å²) in [4.78, 5) is 26.9. The molecule has 0 atom stereocenters. The van der Waals surface area contributed by atoms with Crippen molar-refractivity contribution in [2.75, 3.05) is 36.4 Å². The number of nitrogens with zero attached hydrogens (tertiary/aromatic N) is 2. The van der Waals surface area contributed by atoms with Crippen LogP contribution in [0.1, 0.15) is 15.9 Å². The van der Waals surface area contributed by atoms with Crippen molar-refractivity contribution in [3.8, 4) is 0 Å². The molecule has 0 unspecified atom stereocenters. The van der Waals surface area contributed by atoms with Crippen LogP contribution in [0.2, 0.25) is 0 Å². The van der Waals surface area contributed by atoms with E-state index in [1.165, 1.54) is 0 Å². The number of nitrogens with one attached hydrogen (secondary N) is 1. The van der Waals surface area contributed by atoms with E-state index in [4.69, 9.17) is 5.11 Å². The van der Waals surface area contributed by atoms with Gasteiger partial charge in [0.05, 0.1) is 0 Å². The Morgan fingerprint density at radius 2 is 1.68 bits per heavy atom. The van der Waals surface area contributed by atoms with Crippen LogP contribution in [0.5, 0.6) is 0 Å². The molecule has 1 heterocycles. The van der Waals surface area contributed by atoms with E-state index < -0.39 is 29.2 Å². The molecule has 1 aliphatic heterocycles. The second kappa shape index (κ2) is 8.14. The number of urea groups is 1. The Labute approximate surface area is 168 Å². The van der Waals surface area contributed by atoms with Crippen LogP contribution >= 0.6 is 15.9 Å². The number of aromatic carboxylic acids is 1. The molecule has 1 aliphatic rings. The molecule has 0 aliphatic carbocycles. The van der Waals surface area contributed by atoms with E-state index in [0.717, 1.165) is 27.9 Å². The zero-order valence-corrected chi connectivity index (χ0v) is 16.6. The van der Waals surface area contributed by atoms with Crippen LogP contribution < -0.4 is 10.2 Å². The molecule has 6 nitrogen and oxygen atoms in total. The van der Waals surface area contributed by atoms with Crippen molar-refractivity contribution in [1.29, 1.82) is 0 Å². The highest BCUT2D eigenvalue weighted by Crippen LogP contribution is 2.25. The van der Waals surface area contributed by atoms with Crippen LogP contribution in [-0.4, -0.2) is 48.2 Å². The SMILES string of the molecule is Cc1cc(Br)ccc1N1CCN(C(=O)Nc2cc(F)c(C(=O)O)c(F)c2)CC1. The molecule has 0 bridgehead atoms. The second-order valence-corrected chi connectivity index (χ2v) is 7.37. The fraction of sp³-hybridized carbons (Fsp3) is 0.263. The Balaban J connectivity index is 1.63. The van der Waals surface area contributed by atoms with Gasteiger partial charge in [-0.3, -0.25) is 0 Å². The lowest BCUT2D eigenvalue weighted by Gasteiger charge is -2.36. The largest absolute Gasteiger partial charge is 0.477 e. The van der Waals surface area contributed by atoms with E-state index in [-0.39, 0.29) is 5.69 Å². The van der Waals surface area contributed by atoms with E-state index in [2.05, 4.69) is 26.1 Å². The highest BCUT2D eigenvalue weighted by Gasteiger charge is 2.23. The van der Waals surface area contributed by atoms with Gasteiger partial charge in [-0.05, 0) is 42.8 Å². The summed E-state index contributed by atoms with van der Waals surface area (Å²) in [5.41, 5.74) is 1.04. The van der Waals surface area contributed by atoms with Crippen molar-refractivity contribution in [1.82, 2.24) is 4.90 Å². The lowest BCUT2D eigenvalue weighted by atomic mass is 10.1. The Morgan fingerprint density at radius 3 is 2.21 bits per heavy atom. The number of carboxylic acid groups (broad SMARTS) is 1. The van der Waals surface area contributed by atoms with Gasteiger partial charge in [0.25, 0.3) is 0 Å². The predicted octanol–water partition coefficient (Wildman–Crippen LogP) is 4.09. The van der Waals surface area contributed by atoms with Crippen molar-refractivity contribution < 1.29 is 23.5 Å². The van der Waals surface area contributed by atoms with Gasteiger partial charge in [-0.15, -0.1) is 0 Å². The van der Waals surface area contributed by atoms with Crippen molar-refractivity contribution in [2.24, 2.45) is 0 Å². The number of aryl methyl sites for hydroxylation is 1. The monoisotopic (exact) mass is 453 g/mol. The van der Waals surface area contributed by atoms with Crippen LogP contribution in [0, 0.1) is 18.6 Å². The lowest BCUT2D eigenvalue weighted by molar-refractivity contribution is 0.0686. The first kappa shape index (κ1) is 20.1. The highest BCUT2D eigenvalue weighted by molar-refractivity contribution is 9.10. The fourth-order valence-electron chi connectivity index (χ4n) is 3.18. The summed E-state index contributed by atoms with van der Waals surface area (Å²) in [7, 11) is 0. The number of rotatable bonds is 3. The van der Waals surface area contributed by atoms with E-state index in [1.54, 1.807) is 4.90 Å². The normalized spacial score (nSPS) is 14.1. The highest BCUT2D eigenvalue weighted by atomic mass is 79.9. The average Bonchev–Trinajstić information content (AvgIpc) is 2.61. The van der Waals surface area contributed by atoms with Crippen molar-refractivity contribution >= 4 is 39.3 Å². The smallest absolute Gasteiger partial charge is 0.341 e. The summed E-state index contributed by atoms with van der Waals surface area (Å²) in [6.45, 7) is 4.15. The Hall–Kier alpha value is -2.68. The van der Waals surface area contributed by atoms with Crippen LogP contribution in [0.3, 0.4) is 0 Å². The zero-order chi connectivity index (χ0) is 20.4. The topological polar surface area (TPSA) is 72.9 Å². The maximum Gasteiger partial charge on any atom is 0.341 e. The van der Waals surface area contributed by atoms with Crippen LogP contribution in [0.15, 0.2) is 34.8 Å². The van der Waals surface area contributed by atoms with Crippen LogP contribution in [0.25, 0.3) is 0 Å². The molecule has 2 aromatic carbocycles. The number of halogens is 3. The Kier molecular flexibility index (Phi) is 5.83. The van der Waals surface area contributed by atoms with Gasteiger partial charge >= 0.3 is 12.0 Å². The number of carbonyl (C=O) groups is 2. The Morgan fingerprint density at radius 1 is 1.07 bits per heavy atom. The molecule has 2 N–H and O–H groups in total. The molecule has 2 amide bonds. The summed E-state index contributed by atoms with van der Waals surface area (Å²) in [5, 5.41) is 11.2. The fourth-order valence-corrected chi connectivity index (χ4v) is 3.65. The summed E-state index contributed by atoms with van der Waals surface area (Å²) >= 11 is 3.44. The molecular formula is C19H18BrF2N3O3. The number of hydrogen-bond acceptors (Lipinski definition) is 3. The van der Waals surface area contributed by atoms with Gasteiger partial charge in [0, 0.05) is 42.0 Å². The minimum Gasteiger partial charge on any atom is -0.477 e. The molecule has 28 heavy (non-hydrogen) atoms. The van der Waals surface area contributed by atoms with Gasteiger partial charge in [-0.2, -0.15) is 0 Å². The minimum absolute atomic E-state index is 0.129. The molecule has 1 fully saturated rings. The molecule has 0 spiro atoms. The molecule has 0 radical (unpaired) electrons. The van der Waals surface area contributed by atoms with Crippen LogP contribution in [0.4, 0.5) is 25.0 Å². The number of hydrogen-bond donors (Lipinski definition) is 2. The van der Waals surface area contributed by atoms with Gasteiger partial charge in [-0.25, -0.2) is 18.4 Å². The van der Waals surface area contributed by atoms with Crippen molar-refractivity contribution in [3.05, 3.63) is 57.6 Å². The molecule has 9 heteroatoms. The lowest BCUT2D eigenvalue weighted by Crippen LogP contribution is -2.50. The maximum atomic E-state index is 13.8. The first-order valence-electron chi connectivity index (χ1n) is 8.55. The number of piperazine rings is 1. The third-order valence-corrected chi connectivity index (χ3v) is 5.07. The van der Waals surface area contributed by atoms with E-state index in [1.807, 2.05) is 25.1 Å². The molecule has 0 aromatic heterocycles. The van der Waals surface area contributed by atoms with E-state index in [9.17, 15) is 18.4 Å². The summed E-state index contributed by atoms with van der Waals surface area (Å²) in [5.74, 6) is -4.18. The van der Waals surface area contributed by atoms with Crippen LogP contribution in [-0.2, 0) is 0 Å². The second-order valence-electron chi connectivity index (χ2n) is 6.46. The molecule has 148 valence electrons. The Bertz CT molecular complexity index is 908. The van der Waals surface area contributed by atoms with Gasteiger partial charge in [0.1, 0.15) is 17.2 Å². The van der Waals surface area contributed by atoms with Gasteiger partial charge in [-0.1, -0.05) is 15.9 Å². The first-order valence-corrected chi connectivity index (χ1v) is 9.35. The number of carbonyl (C=O) groups excluding carboxylic acids is 1. The molecule has 3 rings (SSSR count). The number of anilines is 2. The van der Waals surface area contributed by atoms with E-state index in [0.29, 0.717) is 26.2 Å². The van der Waals surface area contributed by atoms with Crippen molar-refractivity contribution in [2.45, 2.75) is 6.92 Å². The average molecular weight is 454 g/mol. The van der Waals surface area contributed by atoms with E-state index >= 15 is 0 Å². The van der Waals surface area contributed by atoms with Gasteiger partial charge in [0.15, 0.2) is 0 Å². The minimum atomic E-state index is -1.70. The summed E-state index contributed by atoms with van der Waals surface area (Å²) in [6.07, 6.45) is 0. The zero-order valence-electron chi connectivity index (χ0n) is 15.0. The standard InChI is InChI=1S/C19H18BrF2N3O3/c1-11-8-12(20)2-3-16(11)24-4-6-25(7-5-24)19(28)23-13-9-14(21)17(18(26)27)15(22)10-13/h2-3,8-10H,4-7H2,1H3,(H,23,28)(H,26,27). The third-order valence-electron chi connectivity index (χ3n) is 4.57. The molecule has 0 saturated carbocycles. The third kappa shape index (κ3) is 4.24.